The fraction of sp³-hybridized carbons (Fsp3) is 0.167. The standard InChI is InChI=1S/C12H10BrFN2O2/c1-7-10(12(17)18)6-16(15-7)5-8-4-9(13)2-3-11(8)14/h2-4,6H,5H2,1H3,(H,17,18). The summed E-state index contributed by atoms with van der Waals surface area (Å²) in [5.41, 5.74) is 0.993. The molecule has 1 N–H and O–H groups in total. The van der Waals surface area contributed by atoms with Crippen molar-refractivity contribution in [3.8, 4) is 0 Å². The second-order valence-electron chi connectivity index (χ2n) is 3.87. The number of hydrogen-bond donors (Lipinski definition) is 1. The van der Waals surface area contributed by atoms with Crippen LogP contribution < -0.4 is 0 Å². The van der Waals surface area contributed by atoms with Gasteiger partial charge in [0, 0.05) is 16.2 Å². The van der Waals surface area contributed by atoms with Crippen LogP contribution in [0.5, 0.6) is 0 Å². The van der Waals surface area contributed by atoms with E-state index in [2.05, 4.69) is 21.0 Å². The Kier molecular flexibility index (Phi) is 3.47. The van der Waals surface area contributed by atoms with Gasteiger partial charge in [-0.25, -0.2) is 9.18 Å². The third kappa shape index (κ3) is 2.59. The Morgan fingerprint density at radius 2 is 2.28 bits per heavy atom. The number of aryl methyl sites for hydroxylation is 1. The van der Waals surface area contributed by atoms with Gasteiger partial charge in [-0.15, -0.1) is 0 Å². The molecule has 0 radical (unpaired) electrons. The van der Waals surface area contributed by atoms with E-state index < -0.39 is 5.97 Å². The number of halogens is 2. The number of carboxylic acid groups (broad SMARTS) is 1. The number of rotatable bonds is 3. The van der Waals surface area contributed by atoms with Gasteiger partial charge in [-0.1, -0.05) is 15.9 Å². The van der Waals surface area contributed by atoms with Gasteiger partial charge in [-0.05, 0) is 25.1 Å². The lowest BCUT2D eigenvalue weighted by atomic mass is 10.2. The molecule has 6 heteroatoms. The molecule has 2 aromatic rings. The predicted octanol–water partition coefficient (Wildman–Crippen LogP) is 2.84. The summed E-state index contributed by atoms with van der Waals surface area (Å²) in [6.45, 7) is 1.80. The van der Waals surface area contributed by atoms with Crippen LogP contribution in [0.3, 0.4) is 0 Å². The monoisotopic (exact) mass is 312 g/mol. The zero-order valence-electron chi connectivity index (χ0n) is 9.52. The lowest BCUT2D eigenvalue weighted by Gasteiger charge is -2.04. The second-order valence-corrected chi connectivity index (χ2v) is 4.78. The molecule has 0 atom stereocenters. The molecule has 94 valence electrons. The van der Waals surface area contributed by atoms with Gasteiger partial charge >= 0.3 is 5.97 Å². The third-order valence-corrected chi connectivity index (χ3v) is 3.01. The molecule has 1 heterocycles. The van der Waals surface area contributed by atoms with Crippen LogP contribution >= 0.6 is 15.9 Å². The predicted molar refractivity (Wildman–Crippen MR) is 67.1 cm³/mol. The van der Waals surface area contributed by atoms with Gasteiger partial charge < -0.3 is 5.11 Å². The summed E-state index contributed by atoms with van der Waals surface area (Å²) in [7, 11) is 0. The molecule has 0 bridgehead atoms. The summed E-state index contributed by atoms with van der Waals surface area (Å²) in [5.74, 6) is -1.38. The Morgan fingerprint density at radius 3 is 2.89 bits per heavy atom. The van der Waals surface area contributed by atoms with Crippen molar-refractivity contribution in [2.24, 2.45) is 0 Å². The van der Waals surface area contributed by atoms with Crippen LogP contribution in [0.1, 0.15) is 21.6 Å². The maximum absolute atomic E-state index is 13.5. The minimum Gasteiger partial charge on any atom is -0.478 e. The van der Waals surface area contributed by atoms with Crippen molar-refractivity contribution in [3.05, 3.63) is 51.5 Å². The second kappa shape index (κ2) is 4.89. The van der Waals surface area contributed by atoms with E-state index in [-0.39, 0.29) is 17.9 Å². The molecule has 0 aliphatic rings. The van der Waals surface area contributed by atoms with Crippen molar-refractivity contribution < 1.29 is 14.3 Å². The quantitative estimate of drug-likeness (QED) is 0.948. The third-order valence-electron chi connectivity index (χ3n) is 2.52. The number of carboxylic acids is 1. The van der Waals surface area contributed by atoms with Gasteiger partial charge in [0.05, 0.1) is 12.2 Å². The van der Waals surface area contributed by atoms with E-state index in [1.54, 1.807) is 19.1 Å². The Morgan fingerprint density at radius 1 is 1.56 bits per heavy atom. The average molecular weight is 313 g/mol. The van der Waals surface area contributed by atoms with Crippen molar-refractivity contribution in [1.29, 1.82) is 0 Å². The Hall–Kier alpha value is -1.69. The maximum Gasteiger partial charge on any atom is 0.339 e. The lowest BCUT2D eigenvalue weighted by molar-refractivity contribution is 0.0696. The number of carbonyl (C=O) groups is 1. The minimum atomic E-state index is -1.03. The Labute approximate surface area is 111 Å². The van der Waals surface area contributed by atoms with Gasteiger partial charge in [0.1, 0.15) is 11.4 Å². The molecule has 0 amide bonds. The highest BCUT2D eigenvalue weighted by atomic mass is 79.9. The summed E-state index contributed by atoms with van der Waals surface area (Å²) in [4.78, 5) is 10.9. The summed E-state index contributed by atoms with van der Waals surface area (Å²) in [5, 5.41) is 13.0. The summed E-state index contributed by atoms with van der Waals surface area (Å²) in [6.07, 6.45) is 1.40. The molecule has 1 aromatic heterocycles. The molecule has 0 saturated heterocycles. The fourth-order valence-electron chi connectivity index (χ4n) is 1.65. The van der Waals surface area contributed by atoms with Gasteiger partial charge in [0.2, 0.25) is 0 Å². The van der Waals surface area contributed by atoms with E-state index in [1.807, 2.05) is 0 Å². The molecular formula is C12H10BrFN2O2. The normalized spacial score (nSPS) is 10.6. The number of benzene rings is 1. The van der Waals surface area contributed by atoms with E-state index in [0.29, 0.717) is 11.3 Å². The van der Waals surface area contributed by atoms with Crippen LogP contribution in [-0.2, 0) is 6.54 Å². The maximum atomic E-state index is 13.5. The average Bonchev–Trinajstić information content (AvgIpc) is 2.65. The SMILES string of the molecule is Cc1nn(Cc2cc(Br)ccc2F)cc1C(=O)O. The van der Waals surface area contributed by atoms with Crippen LogP contribution in [0.25, 0.3) is 0 Å². The van der Waals surface area contributed by atoms with E-state index >= 15 is 0 Å². The smallest absolute Gasteiger partial charge is 0.339 e. The molecule has 18 heavy (non-hydrogen) atoms. The largest absolute Gasteiger partial charge is 0.478 e. The number of nitrogens with zero attached hydrogens (tertiary/aromatic N) is 2. The first-order valence-corrected chi connectivity index (χ1v) is 5.98. The molecule has 0 saturated carbocycles. The van der Waals surface area contributed by atoms with Crippen LogP contribution in [0.2, 0.25) is 0 Å². The molecule has 0 unspecified atom stereocenters. The van der Waals surface area contributed by atoms with Crippen LogP contribution in [0, 0.1) is 12.7 Å². The van der Waals surface area contributed by atoms with E-state index in [1.165, 1.54) is 16.9 Å². The van der Waals surface area contributed by atoms with Gasteiger partial charge in [-0.2, -0.15) is 5.10 Å². The Bertz CT molecular complexity index is 610. The molecule has 1 aromatic carbocycles. The molecule has 0 spiro atoms. The van der Waals surface area contributed by atoms with Gasteiger partial charge in [-0.3, -0.25) is 4.68 Å². The van der Waals surface area contributed by atoms with Crippen molar-refractivity contribution in [1.82, 2.24) is 9.78 Å². The van der Waals surface area contributed by atoms with Gasteiger partial charge in [0.15, 0.2) is 0 Å². The first-order valence-electron chi connectivity index (χ1n) is 5.18. The zero-order chi connectivity index (χ0) is 13.3. The van der Waals surface area contributed by atoms with E-state index in [0.717, 1.165) is 4.47 Å². The molecular weight excluding hydrogens is 303 g/mol. The van der Waals surface area contributed by atoms with E-state index in [9.17, 15) is 9.18 Å². The van der Waals surface area contributed by atoms with Gasteiger partial charge in [0.25, 0.3) is 0 Å². The van der Waals surface area contributed by atoms with E-state index in [4.69, 9.17) is 5.11 Å². The highest BCUT2D eigenvalue weighted by molar-refractivity contribution is 9.10. The highest BCUT2D eigenvalue weighted by Crippen LogP contribution is 2.17. The minimum absolute atomic E-state index is 0.130. The Balaban J connectivity index is 2.31. The van der Waals surface area contributed by atoms with Crippen molar-refractivity contribution >= 4 is 21.9 Å². The first kappa shape index (κ1) is 12.8. The summed E-state index contributed by atoms with van der Waals surface area (Å²) in [6, 6.07) is 4.61. The van der Waals surface area contributed by atoms with Crippen LogP contribution in [-0.4, -0.2) is 20.9 Å². The van der Waals surface area contributed by atoms with Crippen molar-refractivity contribution in [2.75, 3.05) is 0 Å². The highest BCUT2D eigenvalue weighted by Gasteiger charge is 2.12. The van der Waals surface area contributed by atoms with Crippen molar-refractivity contribution in [2.45, 2.75) is 13.5 Å². The first-order chi connectivity index (χ1) is 8.47. The summed E-state index contributed by atoms with van der Waals surface area (Å²) < 4.78 is 15.7. The zero-order valence-corrected chi connectivity index (χ0v) is 11.1. The lowest BCUT2D eigenvalue weighted by Crippen LogP contribution is -2.03. The molecule has 0 aliphatic heterocycles. The number of aromatic carboxylic acids is 1. The molecule has 4 nitrogen and oxygen atoms in total. The summed E-state index contributed by atoms with van der Waals surface area (Å²) >= 11 is 3.26. The molecule has 2 rings (SSSR count). The van der Waals surface area contributed by atoms with Crippen LogP contribution in [0.4, 0.5) is 4.39 Å². The van der Waals surface area contributed by atoms with Crippen molar-refractivity contribution in [3.63, 3.8) is 0 Å². The number of hydrogen-bond acceptors (Lipinski definition) is 2. The topological polar surface area (TPSA) is 55.1 Å². The van der Waals surface area contributed by atoms with Crippen LogP contribution in [0.15, 0.2) is 28.9 Å². The molecule has 0 aliphatic carbocycles. The number of aromatic nitrogens is 2. The molecule has 0 fully saturated rings. The fourth-order valence-corrected chi connectivity index (χ4v) is 2.06.